The van der Waals surface area contributed by atoms with Crippen LogP contribution in [0.4, 0.5) is 4.79 Å². The van der Waals surface area contributed by atoms with E-state index < -0.39 is 0 Å². The van der Waals surface area contributed by atoms with Gasteiger partial charge in [0.15, 0.2) is 0 Å². The quantitative estimate of drug-likeness (QED) is 0.868. The largest absolute Gasteiger partial charge is 0.370 e. The highest BCUT2D eigenvalue weighted by Crippen LogP contribution is 2.22. The highest BCUT2D eigenvalue weighted by Gasteiger charge is 2.31. The van der Waals surface area contributed by atoms with E-state index in [0.717, 1.165) is 5.56 Å². The van der Waals surface area contributed by atoms with Crippen molar-refractivity contribution in [1.82, 2.24) is 10.2 Å². The van der Waals surface area contributed by atoms with Gasteiger partial charge in [0.2, 0.25) is 0 Å². The molecule has 0 aromatic heterocycles. The van der Waals surface area contributed by atoms with Crippen LogP contribution in [0.15, 0.2) is 24.3 Å². The molecule has 1 heterocycles. The summed E-state index contributed by atoms with van der Waals surface area (Å²) in [6.07, 6.45) is 5.22. The molecule has 1 aromatic rings. The number of amides is 2. The van der Waals surface area contributed by atoms with Crippen molar-refractivity contribution < 1.29 is 9.53 Å². The van der Waals surface area contributed by atoms with Gasteiger partial charge in [-0.3, -0.25) is 0 Å². The highest BCUT2D eigenvalue weighted by atomic mass is 16.5. The smallest absolute Gasteiger partial charge is 0.318 e. The molecule has 1 aliphatic rings. The second-order valence-corrected chi connectivity index (χ2v) is 6.65. The lowest BCUT2D eigenvalue weighted by molar-refractivity contribution is -0.0440. The van der Waals surface area contributed by atoms with Crippen LogP contribution in [0.5, 0.6) is 0 Å². The first kappa shape index (κ1) is 16.4. The molecule has 2 rings (SSSR count). The van der Waals surface area contributed by atoms with E-state index in [0.29, 0.717) is 19.7 Å². The van der Waals surface area contributed by atoms with Gasteiger partial charge >= 0.3 is 6.03 Å². The molecule has 1 N–H and O–H groups in total. The van der Waals surface area contributed by atoms with Crippen molar-refractivity contribution in [2.45, 2.75) is 38.9 Å². The van der Waals surface area contributed by atoms with Crippen LogP contribution >= 0.6 is 0 Å². The van der Waals surface area contributed by atoms with Gasteiger partial charge in [-0.05, 0) is 16.5 Å². The Balaban J connectivity index is 1.72. The molecule has 4 nitrogen and oxygen atoms in total. The molecule has 4 heteroatoms. The summed E-state index contributed by atoms with van der Waals surface area (Å²) in [6, 6.07) is 8.40. The third kappa shape index (κ3) is 4.25. The Bertz CT molecular complexity index is 546. The van der Waals surface area contributed by atoms with Gasteiger partial charge in [-0.2, -0.15) is 0 Å². The zero-order chi connectivity index (χ0) is 16.2. The zero-order valence-electron chi connectivity index (χ0n) is 13.6. The van der Waals surface area contributed by atoms with Crippen LogP contribution in [-0.2, 0) is 16.8 Å². The lowest BCUT2D eigenvalue weighted by Gasteiger charge is -2.38. The van der Waals surface area contributed by atoms with Crippen LogP contribution in [0.1, 0.15) is 31.9 Å². The Labute approximate surface area is 132 Å². The van der Waals surface area contributed by atoms with E-state index in [1.165, 1.54) is 5.56 Å². The van der Waals surface area contributed by atoms with Gasteiger partial charge in [-0.15, -0.1) is 6.42 Å². The molecule has 1 aliphatic heterocycles. The summed E-state index contributed by atoms with van der Waals surface area (Å²) in [5.41, 5.74) is 2.64. The number of nitrogens with zero attached hydrogens (tertiary/aromatic N) is 1. The molecule has 0 atom stereocenters. The van der Waals surface area contributed by atoms with Gasteiger partial charge in [0.25, 0.3) is 0 Å². The fourth-order valence-electron chi connectivity index (χ4n) is 2.26. The van der Waals surface area contributed by atoms with Gasteiger partial charge in [-0.1, -0.05) is 51.0 Å². The van der Waals surface area contributed by atoms with Gasteiger partial charge in [0.1, 0.15) is 0 Å². The summed E-state index contributed by atoms with van der Waals surface area (Å²) in [5, 5.41) is 2.64. The Hall–Kier alpha value is -1.99. The number of ether oxygens (including phenoxy) is 1. The predicted octanol–water partition coefficient (Wildman–Crippen LogP) is 2.53. The maximum Gasteiger partial charge on any atom is 0.318 e. The summed E-state index contributed by atoms with van der Waals surface area (Å²) in [7, 11) is 0. The molecular formula is C18H24N2O2. The number of terminal acetylenes is 1. The lowest BCUT2D eigenvalue weighted by atomic mass is 9.87. The fourth-order valence-corrected chi connectivity index (χ4v) is 2.26. The predicted molar refractivity (Wildman–Crippen MR) is 87.5 cm³/mol. The SMILES string of the molecule is C#CCNC(=O)N1CC(OCc2ccc(C(C)(C)C)cc2)C1. The average molecular weight is 300 g/mol. The summed E-state index contributed by atoms with van der Waals surface area (Å²) >= 11 is 0. The molecule has 1 fully saturated rings. The molecule has 0 saturated carbocycles. The first-order valence-corrected chi connectivity index (χ1v) is 7.57. The van der Waals surface area contributed by atoms with E-state index in [9.17, 15) is 4.79 Å². The van der Waals surface area contributed by atoms with Crippen molar-refractivity contribution in [2.24, 2.45) is 0 Å². The van der Waals surface area contributed by atoms with Crippen molar-refractivity contribution in [3.05, 3.63) is 35.4 Å². The monoisotopic (exact) mass is 300 g/mol. The second-order valence-electron chi connectivity index (χ2n) is 6.65. The fraction of sp³-hybridized carbons (Fsp3) is 0.500. The molecule has 0 aliphatic carbocycles. The standard InChI is InChI=1S/C18H24N2O2/c1-5-10-19-17(21)20-11-16(12-20)22-13-14-6-8-15(9-7-14)18(2,3)4/h1,6-9,16H,10-13H2,2-4H3,(H,19,21). The topological polar surface area (TPSA) is 41.6 Å². The number of rotatable bonds is 4. The van der Waals surface area contributed by atoms with Crippen molar-refractivity contribution in [1.29, 1.82) is 0 Å². The number of carbonyl (C=O) groups excluding carboxylic acids is 1. The van der Waals surface area contributed by atoms with Crippen LogP contribution < -0.4 is 5.32 Å². The molecular weight excluding hydrogens is 276 g/mol. The average Bonchev–Trinajstić information content (AvgIpc) is 2.43. The van der Waals surface area contributed by atoms with E-state index in [4.69, 9.17) is 11.2 Å². The summed E-state index contributed by atoms with van der Waals surface area (Å²) < 4.78 is 5.81. The van der Waals surface area contributed by atoms with Crippen LogP contribution in [0.3, 0.4) is 0 Å². The molecule has 0 bridgehead atoms. The molecule has 22 heavy (non-hydrogen) atoms. The Morgan fingerprint density at radius 3 is 2.55 bits per heavy atom. The van der Waals surface area contributed by atoms with Crippen LogP contribution in [0, 0.1) is 12.3 Å². The van der Waals surface area contributed by atoms with Gasteiger partial charge < -0.3 is 15.0 Å². The number of likely N-dealkylation sites (tertiary alicyclic amines) is 1. The number of nitrogens with one attached hydrogen (secondary N) is 1. The van der Waals surface area contributed by atoms with Crippen molar-refractivity contribution in [2.75, 3.05) is 19.6 Å². The van der Waals surface area contributed by atoms with Gasteiger partial charge in [-0.25, -0.2) is 4.79 Å². The Morgan fingerprint density at radius 1 is 1.36 bits per heavy atom. The van der Waals surface area contributed by atoms with Crippen LogP contribution in [0.25, 0.3) is 0 Å². The number of hydrogen-bond acceptors (Lipinski definition) is 2. The van der Waals surface area contributed by atoms with Gasteiger partial charge in [0, 0.05) is 0 Å². The number of hydrogen-bond donors (Lipinski definition) is 1. The molecule has 1 aromatic carbocycles. The summed E-state index contributed by atoms with van der Waals surface area (Å²) in [5.74, 6) is 2.38. The molecule has 0 unspecified atom stereocenters. The van der Waals surface area contributed by atoms with E-state index in [-0.39, 0.29) is 24.1 Å². The van der Waals surface area contributed by atoms with E-state index >= 15 is 0 Å². The molecule has 1 saturated heterocycles. The van der Waals surface area contributed by atoms with Crippen LogP contribution in [0.2, 0.25) is 0 Å². The first-order chi connectivity index (χ1) is 10.4. The minimum Gasteiger partial charge on any atom is -0.370 e. The summed E-state index contributed by atoms with van der Waals surface area (Å²) in [4.78, 5) is 13.3. The maximum absolute atomic E-state index is 11.6. The van der Waals surface area contributed by atoms with E-state index in [1.807, 2.05) is 0 Å². The van der Waals surface area contributed by atoms with E-state index in [2.05, 4.69) is 56.3 Å². The molecule has 0 spiro atoms. The minimum absolute atomic E-state index is 0.110. The minimum atomic E-state index is -0.118. The second kappa shape index (κ2) is 6.85. The highest BCUT2D eigenvalue weighted by molar-refractivity contribution is 5.75. The van der Waals surface area contributed by atoms with Crippen molar-refractivity contribution in [3.63, 3.8) is 0 Å². The van der Waals surface area contributed by atoms with E-state index in [1.54, 1.807) is 4.90 Å². The van der Waals surface area contributed by atoms with Crippen molar-refractivity contribution >= 4 is 6.03 Å². The molecule has 118 valence electrons. The van der Waals surface area contributed by atoms with Crippen LogP contribution in [-0.4, -0.2) is 36.7 Å². The number of carbonyl (C=O) groups is 1. The number of urea groups is 1. The number of benzene rings is 1. The third-order valence-corrected chi connectivity index (χ3v) is 3.78. The molecule has 0 radical (unpaired) electrons. The normalized spacial score (nSPS) is 15.1. The van der Waals surface area contributed by atoms with Crippen molar-refractivity contribution in [3.8, 4) is 12.3 Å². The molecule has 2 amide bonds. The maximum atomic E-state index is 11.6. The van der Waals surface area contributed by atoms with Gasteiger partial charge in [0.05, 0.1) is 32.3 Å². The third-order valence-electron chi connectivity index (χ3n) is 3.78. The zero-order valence-corrected chi connectivity index (χ0v) is 13.6. The Kier molecular flexibility index (Phi) is 5.10. The summed E-state index contributed by atoms with van der Waals surface area (Å²) in [6.45, 7) is 8.69. The first-order valence-electron chi connectivity index (χ1n) is 7.57. The lowest BCUT2D eigenvalue weighted by Crippen LogP contribution is -2.57. The Morgan fingerprint density at radius 2 is 2.00 bits per heavy atom.